The van der Waals surface area contributed by atoms with E-state index in [0.717, 1.165) is 18.4 Å². The number of benzene rings is 1. The van der Waals surface area contributed by atoms with E-state index < -0.39 is 0 Å². The zero-order chi connectivity index (χ0) is 15.1. The van der Waals surface area contributed by atoms with Gasteiger partial charge in [-0.25, -0.2) is 0 Å². The van der Waals surface area contributed by atoms with Crippen LogP contribution >= 0.6 is 11.6 Å². The van der Waals surface area contributed by atoms with E-state index in [1.54, 1.807) is 0 Å². The van der Waals surface area contributed by atoms with Gasteiger partial charge in [0.25, 0.3) is 0 Å². The van der Waals surface area contributed by atoms with Gasteiger partial charge in [-0.1, -0.05) is 38.1 Å². The average molecular weight is 309 g/mol. The largest absolute Gasteiger partial charge is 0.370 e. The van der Waals surface area contributed by atoms with Crippen LogP contribution < -0.4 is 0 Å². The second-order valence-corrected chi connectivity index (χ2v) is 7.31. The Bertz CT molecular complexity index is 516. The van der Waals surface area contributed by atoms with Crippen LogP contribution in [0.3, 0.4) is 0 Å². The first-order chi connectivity index (χ1) is 9.99. The van der Waals surface area contributed by atoms with Crippen molar-refractivity contribution in [2.75, 3.05) is 0 Å². The molecule has 2 saturated heterocycles. The fourth-order valence-corrected chi connectivity index (χ4v) is 4.08. The summed E-state index contributed by atoms with van der Waals surface area (Å²) in [6.45, 7) is 7.36. The molecule has 2 bridgehead atoms. The van der Waals surface area contributed by atoms with Gasteiger partial charge >= 0.3 is 0 Å². The highest BCUT2D eigenvalue weighted by molar-refractivity contribution is 6.17. The summed E-state index contributed by atoms with van der Waals surface area (Å²) in [7, 11) is 0. The topological polar surface area (TPSA) is 18.5 Å². The molecule has 0 N–H and O–H groups in total. The highest BCUT2D eigenvalue weighted by Crippen LogP contribution is 2.55. The maximum Gasteiger partial charge on any atom is 0.0924 e. The molecule has 0 aromatic heterocycles. The van der Waals surface area contributed by atoms with Crippen molar-refractivity contribution in [3.05, 3.63) is 35.4 Å². The summed E-state index contributed by atoms with van der Waals surface area (Å²) in [5, 5.41) is 0. The van der Waals surface area contributed by atoms with Crippen molar-refractivity contribution in [3.63, 3.8) is 0 Å². The Morgan fingerprint density at radius 3 is 2.62 bits per heavy atom. The summed E-state index contributed by atoms with van der Waals surface area (Å²) in [6, 6.07) is 8.24. The SMILES string of the molecule is CC(C)C12CCC(C)(O1)C(OCc1ccccc1CCl)C2. The third kappa shape index (κ3) is 2.62. The van der Waals surface area contributed by atoms with Gasteiger partial charge in [0.15, 0.2) is 0 Å². The first kappa shape index (κ1) is 15.3. The monoisotopic (exact) mass is 308 g/mol. The highest BCUT2D eigenvalue weighted by atomic mass is 35.5. The maximum atomic E-state index is 6.42. The van der Waals surface area contributed by atoms with E-state index in [1.165, 1.54) is 12.0 Å². The molecule has 116 valence electrons. The van der Waals surface area contributed by atoms with Gasteiger partial charge in [-0.2, -0.15) is 0 Å². The minimum Gasteiger partial charge on any atom is -0.370 e. The van der Waals surface area contributed by atoms with Crippen LogP contribution in [0.4, 0.5) is 0 Å². The molecule has 3 atom stereocenters. The molecule has 2 aliphatic heterocycles. The molecule has 21 heavy (non-hydrogen) atoms. The van der Waals surface area contributed by atoms with Crippen LogP contribution in [0.5, 0.6) is 0 Å². The zero-order valence-corrected chi connectivity index (χ0v) is 14.0. The Balaban J connectivity index is 1.69. The molecule has 0 amide bonds. The number of alkyl halides is 1. The van der Waals surface area contributed by atoms with Crippen molar-refractivity contribution < 1.29 is 9.47 Å². The van der Waals surface area contributed by atoms with Gasteiger partial charge in [0.2, 0.25) is 0 Å². The van der Waals surface area contributed by atoms with E-state index in [-0.39, 0.29) is 17.3 Å². The Kier molecular flexibility index (Phi) is 4.06. The Hall–Kier alpha value is -0.570. The summed E-state index contributed by atoms with van der Waals surface area (Å²) >= 11 is 6.00. The molecule has 0 saturated carbocycles. The first-order valence-corrected chi connectivity index (χ1v) is 8.47. The van der Waals surface area contributed by atoms with Crippen LogP contribution in [0.1, 0.15) is 51.2 Å². The quantitative estimate of drug-likeness (QED) is 0.735. The third-order valence-electron chi connectivity index (χ3n) is 5.45. The van der Waals surface area contributed by atoms with Crippen LogP contribution in [-0.2, 0) is 22.0 Å². The first-order valence-electron chi connectivity index (χ1n) is 7.94. The van der Waals surface area contributed by atoms with Gasteiger partial charge in [-0.05, 0) is 36.8 Å². The highest BCUT2D eigenvalue weighted by Gasteiger charge is 2.60. The van der Waals surface area contributed by atoms with Crippen molar-refractivity contribution in [2.24, 2.45) is 5.92 Å². The Morgan fingerprint density at radius 2 is 2.00 bits per heavy atom. The molecule has 2 fully saturated rings. The fourth-order valence-electron chi connectivity index (χ4n) is 3.82. The molecule has 0 aliphatic carbocycles. The maximum absolute atomic E-state index is 6.42. The molecule has 3 heteroatoms. The van der Waals surface area contributed by atoms with Gasteiger partial charge in [-0.15, -0.1) is 11.6 Å². The van der Waals surface area contributed by atoms with Gasteiger partial charge in [0.1, 0.15) is 0 Å². The number of fused-ring (bicyclic) bond motifs is 2. The van der Waals surface area contributed by atoms with E-state index in [1.807, 2.05) is 12.1 Å². The van der Waals surface area contributed by atoms with Gasteiger partial charge < -0.3 is 9.47 Å². The van der Waals surface area contributed by atoms with E-state index in [9.17, 15) is 0 Å². The third-order valence-corrected chi connectivity index (χ3v) is 5.74. The number of ether oxygens (including phenoxy) is 2. The van der Waals surface area contributed by atoms with E-state index in [4.69, 9.17) is 21.1 Å². The summed E-state index contributed by atoms with van der Waals surface area (Å²) in [5.74, 6) is 1.08. The van der Waals surface area contributed by atoms with Gasteiger partial charge in [0.05, 0.1) is 23.9 Å². The molecule has 2 aliphatic rings. The van der Waals surface area contributed by atoms with Crippen LogP contribution in [0.2, 0.25) is 0 Å². The lowest BCUT2D eigenvalue weighted by Crippen LogP contribution is -2.38. The van der Waals surface area contributed by atoms with E-state index in [2.05, 4.69) is 32.9 Å². The lowest BCUT2D eigenvalue weighted by atomic mass is 9.75. The molecule has 3 rings (SSSR count). The number of halogens is 1. The second-order valence-electron chi connectivity index (χ2n) is 7.04. The van der Waals surface area contributed by atoms with Gasteiger partial charge in [0, 0.05) is 12.3 Å². The Labute approximate surface area is 132 Å². The molecule has 1 aromatic rings. The number of hydrogen-bond acceptors (Lipinski definition) is 2. The molecule has 2 nitrogen and oxygen atoms in total. The summed E-state index contributed by atoms with van der Waals surface area (Å²) in [5.41, 5.74) is 2.27. The minimum absolute atomic E-state index is 0.0332. The van der Waals surface area contributed by atoms with Crippen molar-refractivity contribution in [1.29, 1.82) is 0 Å². The van der Waals surface area contributed by atoms with Crippen molar-refractivity contribution in [3.8, 4) is 0 Å². The summed E-state index contributed by atoms with van der Waals surface area (Å²) < 4.78 is 12.7. The molecular weight excluding hydrogens is 284 g/mol. The number of hydrogen-bond donors (Lipinski definition) is 0. The van der Waals surface area contributed by atoms with E-state index in [0.29, 0.717) is 18.4 Å². The average Bonchev–Trinajstić information content (AvgIpc) is 2.97. The predicted octanol–water partition coefficient (Wildman–Crippen LogP) is 4.68. The summed E-state index contributed by atoms with van der Waals surface area (Å²) in [4.78, 5) is 0. The normalized spacial score (nSPS) is 34.8. The van der Waals surface area contributed by atoms with Gasteiger partial charge in [-0.3, -0.25) is 0 Å². The van der Waals surface area contributed by atoms with Crippen LogP contribution in [0, 0.1) is 5.92 Å². The Morgan fingerprint density at radius 1 is 1.29 bits per heavy atom. The molecule has 0 spiro atoms. The lowest BCUT2D eigenvalue weighted by Gasteiger charge is -2.31. The summed E-state index contributed by atoms with van der Waals surface area (Å²) in [6.07, 6.45) is 3.48. The molecule has 0 radical (unpaired) electrons. The van der Waals surface area contributed by atoms with E-state index >= 15 is 0 Å². The van der Waals surface area contributed by atoms with Crippen LogP contribution in [-0.4, -0.2) is 17.3 Å². The fraction of sp³-hybridized carbons (Fsp3) is 0.667. The predicted molar refractivity (Wildman–Crippen MR) is 85.5 cm³/mol. The van der Waals surface area contributed by atoms with Crippen LogP contribution in [0.15, 0.2) is 24.3 Å². The van der Waals surface area contributed by atoms with Crippen molar-refractivity contribution in [2.45, 2.75) is 69.8 Å². The standard InChI is InChI=1S/C18H25ClO2/c1-13(2)18-9-8-17(3,21-18)16(10-18)20-12-15-7-5-4-6-14(15)11-19/h4-7,13,16H,8-12H2,1-3H3. The van der Waals surface area contributed by atoms with Crippen molar-refractivity contribution >= 4 is 11.6 Å². The lowest BCUT2D eigenvalue weighted by molar-refractivity contribution is -0.0960. The molecule has 3 unspecified atom stereocenters. The van der Waals surface area contributed by atoms with Crippen LogP contribution in [0.25, 0.3) is 0 Å². The molecular formula is C18H25ClO2. The molecule has 2 heterocycles. The second kappa shape index (κ2) is 5.57. The van der Waals surface area contributed by atoms with Crippen molar-refractivity contribution in [1.82, 2.24) is 0 Å². The minimum atomic E-state index is -0.111. The zero-order valence-electron chi connectivity index (χ0n) is 13.2. The number of rotatable bonds is 5. The molecule has 1 aromatic carbocycles. The smallest absolute Gasteiger partial charge is 0.0924 e.